The molecule has 0 unspecified atom stereocenters. The molecule has 23 heavy (non-hydrogen) atoms. The van der Waals surface area contributed by atoms with Crippen LogP contribution in [-0.4, -0.2) is 32.8 Å². The molecule has 0 saturated carbocycles. The average molecular weight is 351 g/mol. The quantitative estimate of drug-likeness (QED) is 0.493. The number of hydrogen-bond donors (Lipinski definition) is 2. The Morgan fingerprint density at radius 1 is 1.48 bits per heavy atom. The molecule has 2 heterocycles. The molecule has 0 saturated heterocycles. The largest absolute Gasteiger partial charge is 0.493 e. The van der Waals surface area contributed by atoms with Crippen molar-refractivity contribution >= 4 is 39.9 Å². The second kappa shape index (κ2) is 6.76. The van der Waals surface area contributed by atoms with E-state index in [1.54, 1.807) is 11.9 Å². The van der Waals surface area contributed by atoms with Crippen LogP contribution in [0.15, 0.2) is 15.0 Å². The highest BCUT2D eigenvalue weighted by molar-refractivity contribution is 7.80. The van der Waals surface area contributed by atoms with Gasteiger partial charge >= 0.3 is 0 Å². The second-order valence-corrected chi connectivity index (χ2v) is 5.77. The average Bonchev–Trinajstić information content (AvgIpc) is 3.01. The lowest BCUT2D eigenvalue weighted by molar-refractivity contribution is 0.424. The molecule has 0 aromatic carbocycles. The smallest absolute Gasteiger partial charge is 0.271 e. The fourth-order valence-corrected chi connectivity index (χ4v) is 2.53. The van der Waals surface area contributed by atoms with E-state index in [4.69, 9.17) is 5.26 Å². The van der Waals surface area contributed by atoms with E-state index in [2.05, 4.69) is 33.1 Å². The Balaban J connectivity index is 2.44. The van der Waals surface area contributed by atoms with Crippen molar-refractivity contribution in [1.29, 1.82) is 5.26 Å². The molecule has 11 heteroatoms. The highest BCUT2D eigenvalue weighted by Crippen LogP contribution is 2.33. The van der Waals surface area contributed by atoms with Crippen LogP contribution in [0.25, 0.3) is 0 Å². The molecule has 0 fully saturated rings. The lowest BCUT2D eigenvalue weighted by Crippen LogP contribution is -2.20. The van der Waals surface area contributed by atoms with E-state index in [9.17, 15) is 9.90 Å². The van der Waals surface area contributed by atoms with E-state index in [-0.39, 0.29) is 27.8 Å². The minimum atomic E-state index is -0.588. The summed E-state index contributed by atoms with van der Waals surface area (Å²) in [5.74, 6) is 0.102. The Bertz CT molecular complexity index is 866. The Kier molecular flexibility index (Phi) is 4.97. The zero-order chi connectivity index (χ0) is 17.1. The molecule has 0 atom stereocenters. The van der Waals surface area contributed by atoms with Crippen LogP contribution in [0.2, 0.25) is 0 Å². The van der Waals surface area contributed by atoms with Gasteiger partial charge in [0.2, 0.25) is 11.0 Å². The number of anilines is 1. The first kappa shape index (κ1) is 16.9. The van der Waals surface area contributed by atoms with Crippen molar-refractivity contribution in [1.82, 2.24) is 14.8 Å². The van der Waals surface area contributed by atoms with Crippen LogP contribution in [0.4, 0.5) is 16.0 Å². The van der Waals surface area contributed by atoms with Crippen LogP contribution in [0.3, 0.4) is 0 Å². The van der Waals surface area contributed by atoms with Gasteiger partial charge in [-0.2, -0.15) is 17.9 Å². The molecule has 0 radical (unpaired) electrons. The maximum Gasteiger partial charge on any atom is 0.271 e. The molecule has 0 spiro atoms. The van der Waals surface area contributed by atoms with Crippen LogP contribution in [0.1, 0.15) is 11.1 Å². The van der Waals surface area contributed by atoms with Gasteiger partial charge in [0.15, 0.2) is 5.69 Å². The molecule has 0 aliphatic carbocycles. The van der Waals surface area contributed by atoms with E-state index in [1.165, 1.54) is 25.3 Å². The number of rotatable bonds is 4. The summed E-state index contributed by atoms with van der Waals surface area (Å²) < 4.78 is 0.945. The van der Waals surface area contributed by atoms with Gasteiger partial charge < -0.3 is 10.0 Å². The molecular weight excluding hydrogens is 338 g/mol. The summed E-state index contributed by atoms with van der Waals surface area (Å²) in [6.07, 6.45) is 0. The van der Waals surface area contributed by atoms with Crippen molar-refractivity contribution in [3.05, 3.63) is 21.5 Å². The minimum absolute atomic E-state index is 0.0444. The summed E-state index contributed by atoms with van der Waals surface area (Å²) >= 11 is 5.32. The van der Waals surface area contributed by atoms with E-state index in [0.29, 0.717) is 11.0 Å². The molecule has 0 aliphatic heterocycles. The zero-order valence-electron chi connectivity index (χ0n) is 12.5. The van der Waals surface area contributed by atoms with Crippen molar-refractivity contribution in [2.75, 3.05) is 17.8 Å². The third kappa shape index (κ3) is 3.17. The number of nitrogens with zero attached hydrogens (tertiary/aromatic N) is 7. The van der Waals surface area contributed by atoms with Crippen LogP contribution in [0.5, 0.6) is 5.88 Å². The fraction of sp³-hybridized carbons (Fsp3) is 0.333. The summed E-state index contributed by atoms with van der Waals surface area (Å²) in [4.78, 5) is 13.6. The van der Waals surface area contributed by atoms with Gasteiger partial charge in [0.1, 0.15) is 11.6 Å². The maximum absolute atomic E-state index is 11.9. The third-order valence-corrected chi connectivity index (χ3v) is 4.41. The molecule has 0 amide bonds. The molecule has 0 aliphatic rings. The SMILES string of the molecule is Cc1c(/N=N/c2nnc(N(C)CS)s2)c(O)n(C)c(=O)c1C#N. The van der Waals surface area contributed by atoms with Crippen LogP contribution < -0.4 is 10.5 Å². The third-order valence-electron chi connectivity index (χ3n) is 3.07. The summed E-state index contributed by atoms with van der Waals surface area (Å²) in [7, 11) is 3.15. The topological polar surface area (TPSA) is 120 Å². The molecule has 2 aromatic heterocycles. The summed E-state index contributed by atoms with van der Waals surface area (Å²) in [5.41, 5.74) is -0.376. The second-order valence-electron chi connectivity index (χ2n) is 4.55. The van der Waals surface area contributed by atoms with Gasteiger partial charge in [-0.05, 0) is 6.92 Å². The number of nitriles is 1. The first-order chi connectivity index (χ1) is 10.9. The van der Waals surface area contributed by atoms with E-state index in [1.807, 2.05) is 6.07 Å². The van der Waals surface area contributed by atoms with E-state index >= 15 is 0 Å². The monoisotopic (exact) mass is 351 g/mol. The lowest BCUT2D eigenvalue weighted by Gasteiger charge is -2.09. The molecular formula is C12H13N7O2S2. The van der Waals surface area contributed by atoms with Crippen molar-refractivity contribution in [2.24, 2.45) is 17.3 Å². The molecule has 2 aromatic rings. The summed E-state index contributed by atoms with van der Waals surface area (Å²) in [5, 5.41) is 35.6. The maximum atomic E-state index is 11.9. The van der Waals surface area contributed by atoms with Crippen LogP contribution >= 0.6 is 24.0 Å². The number of hydrogen-bond acceptors (Lipinski definition) is 10. The summed E-state index contributed by atoms with van der Waals surface area (Å²) in [6, 6.07) is 1.81. The Hall–Kier alpha value is -2.45. The number of aromatic hydroxyl groups is 1. The van der Waals surface area contributed by atoms with Gasteiger partial charge in [-0.15, -0.1) is 20.4 Å². The highest BCUT2D eigenvalue weighted by atomic mass is 32.1. The predicted octanol–water partition coefficient (Wildman–Crippen LogP) is 1.86. The number of pyridine rings is 1. The van der Waals surface area contributed by atoms with Gasteiger partial charge in [0.25, 0.3) is 10.7 Å². The number of azo groups is 1. The molecule has 0 bridgehead atoms. The van der Waals surface area contributed by atoms with E-state index < -0.39 is 5.56 Å². The van der Waals surface area contributed by atoms with E-state index in [0.717, 1.165) is 4.57 Å². The lowest BCUT2D eigenvalue weighted by atomic mass is 10.1. The highest BCUT2D eigenvalue weighted by Gasteiger charge is 2.17. The van der Waals surface area contributed by atoms with Crippen LogP contribution in [0, 0.1) is 18.3 Å². The zero-order valence-corrected chi connectivity index (χ0v) is 14.3. The molecule has 2 rings (SSSR count). The normalized spacial score (nSPS) is 10.9. The summed E-state index contributed by atoms with van der Waals surface area (Å²) in [6.45, 7) is 1.52. The number of aromatic nitrogens is 3. The number of thiol groups is 1. The fourth-order valence-electron chi connectivity index (χ4n) is 1.68. The Morgan fingerprint density at radius 2 is 2.17 bits per heavy atom. The first-order valence-corrected chi connectivity index (χ1v) is 7.75. The standard InChI is InChI=1S/C12H13N7O2S2/c1-6-7(4-13)9(20)19(3)10(21)8(6)14-15-11-16-17-12(23-11)18(2)5-22/h21-22H,5H2,1-3H3/b15-14+. The Morgan fingerprint density at radius 3 is 2.78 bits per heavy atom. The minimum Gasteiger partial charge on any atom is -0.493 e. The van der Waals surface area contributed by atoms with Crippen molar-refractivity contribution in [3.8, 4) is 11.9 Å². The van der Waals surface area contributed by atoms with Crippen molar-refractivity contribution < 1.29 is 5.11 Å². The molecule has 120 valence electrons. The molecule has 1 N–H and O–H groups in total. The molecule has 9 nitrogen and oxygen atoms in total. The predicted molar refractivity (Wildman–Crippen MR) is 89.1 cm³/mol. The van der Waals surface area contributed by atoms with Gasteiger partial charge in [-0.1, -0.05) is 11.3 Å². The van der Waals surface area contributed by atoms with Crippen molar-refractivity contribution in [3.63, 3.8) is 0 Å². The Labute approximate surface area is 141 Å². The van der Waals surface area contributed by atoms with Gasteiger partial charge in [-0.25, -0.2) is 0 Å². The van der Waals surface area contributed by atoms with Crippen LogP contribution in [-0.2, 0) is 7.05 Å². The first-order valence-electron chi connectivity index (χ1n) is 6.30. The van der Waals surface area contributed by atoms with Gasteiger partial charge in [-0.3, -0.25) is 9.36 Å². The van der Waals surface area contributed by atoms with Crippen molar-refractivity contribution in [2.45, 2.75) is 6.92 Å². The van der Waals surface area contributed by atoms with Gasteiger partial charge in [0.05, 0.1) is 5.88 Å². The van der Waals surface area contributed by atoms with Gasteiger partial charge in [0, 0.05) is 19.7 Å².